The number of aliphatic carboxylic acids is 1. The zero-order valence-electron chi connectivity index (χ0n) is 8.31. The molecule has 16 heavy (non-hydrogen) atoms. The molecule has 0 radical (unpaired) electrons. The highest BCUT2D eigenvalue weighted by Crippen LogP contribution is 2.18. The predicted molar refractivity (Wildman–Crippen MR) is 47.9 cm³/mol. The Hall–Kier alpha value is -1.57. The van der Waals surface area contributed by atoms with Crippen LogP contribution in [0.2, 0.25) is 0 Å². The molecule has 8 heteroatoms. The quantitative estimate of drug-likeness (QED) is 0.736. The Kier molecular flexibility index (Phi) is 3.88. The van der Waals surface area contributed by atoms with Crippen LogP contribution in [0.5, 0.6) is 0 Å². The third kappa shape index (κ3) is 3.23. The highest BCUT2D eigenvalue weighted by atomic mass is 19.3. The lowest BCUT2D eigenvalue weighted by molar-refractivity contribution is -0.137. The third-order valence-corrected chi connectivity index (χ3v) is 1.89. The smallest absolute Gasteiger partial charge is 0.367 e. The molecule has 90 valence electrons. The molecular weight excluding hydrogens is 224 g/mol. The van der Waals surface area contributed by atoms with Crippen molar-refractivity contribution in [2.75, 3.05) is 6.61 Å². The Morgan fingerprint density at radius 3 is 2.81 bits per heavy atom. The molecule has 0 saturated carbocycles. The Morgan fingerprint density at radius 2 is 2.25 bits per heavy atom. The average Bonchev–Trinajstić information content (AvgIpc) is 2.66. The monoisotopic (exact) mass is 235 g/mol. The van der Waals surface area contributed by atoms with Gasteiger partial charge in [0, 0.05) is 6.42 Å². The van der Waals surface area contributed by atoms with E-state index in [4.69, 9.17) is 10.2 Å². The van der Waals surface area contributed by atoms with Gasteiger partial charge in [0.05, 0.1) is 11.9 Å². The number of hydrogen-bond donors (Lipinski definition) is 2. The fourth-order valence-corrected chi connectivity index (χ4v) is 1.07. The second-order valence-corrected chi connectivity index (χ2v) is 3.23. The summed E-state index contributed by atoms with van der Waals surface area (Å²) in [6.07, 6.45) is 1.51. The number of hydrogen-bond acceptors (Lipinski definition) is 4. The van der Waals surface area contributed by atoms with Gasteiger partial charge in [0.15, 0.2) is 0 Å². The Morgan fingerprint density at radius 1 is 1.56 bits per heavy atom. The standard InChI is InChI=1S/C8H11F2N3O3/c9-8(10,5-14)13-4-6(11-12-13)2-1-3-7(15)16/h4,14H,1-3,5H2,(H,15,16). The molecule has 0 aliphatic carbocycles. The number of aliphatic hydroxyl groups excluding tert-OH is 1. The van der Waals surface area contributed by atoms with Crippen molar-refractivity contribution in [1.82, 2.24) is 15.0 Å². The van der Waals surface area contributed by atoms with Gasteiger partial charge in [0.2, 0.25) is 0 Å². The van der Waals surface area contributed by atoms with Crippen LogP contribution in [0, 0.1) is 0 Å². The van der Waals surface area contributed by atoms with E-state index in [1.54, 1.807) is 0 Å². The summed E-state index contributed by atoms with van der Waals surface area (Å²) in [5, 5.41) is 23.4. The van der Waals surface area contributed by atoms with Crippen molar-refractivity contribution in [3.63, 3.8) is 0 Å². The highest BCUT2D eigenvalue weighted by Gasteiger charge is 2.31. The van der Waals surface area contributed by atoms with E-state index in [0.717, 1.165) is 6.20 Å². The van der Waals surface area contributed by atoms with Gasteiger partial charge in [-0.25, -0.2) is 0 Å². The van der Waals surface area contributed by atoms with Crippen LogP contribution in [-0.4, -0.2) is 37.8 Å². The van der Waals surface area contributed by atoms with Crippen LogP contribution in [0.3, 0.4) is 0 Å². The number of nitrogens with zero attached hydrogens (tertiary/aromatic N) is 3. The van der Waals surface area contributed by atoms with Gasteiger partial charge in [-0.1, -0.05) is 5.21 Å². The zero-order chi connectivity index (χ0) is 12.2. The second kappa shape index (κ2) is 4.97. The van der Waals surface area contributed by atoms with Crippen molar-refractivity contribution in [2.45, 2.75) is 25.3 Å². The molecule has 1 aromatic rings. The van der Waals surface area contributed by atoms with E-state index in [9.17, 15) is 13.6 Å². The largest absolute Gasteiger partial charge is 0.481 e. The second-order valence-electron chi connectivity index (χ2n) is 3.23. The minimum Gasteiger partial charge on any atom is -0.481 e. The summed E-state index contributed by atoms with van der Waals surface area (Å²) in [4.78, 5) is 10.2. The molecule has 0 aliphatic heterocycles. The fourth-order valence-electron chi connectivity index (χ4n) is 1.07. The first-order valence-corrected chi connectivity index (χ1v) is 4.58. The number of halogens is 2. The molecule has 0 unspecified atom stereocenters. The van der Waals surface area contributed by atoms with E-state index in [0.29, 0.717) is 6.42 Å². The van der Waals surface area contributed by atoms with Crippen molar-refractivity contribution in [2.24, 2.45) is 0 Å². The van der Waals surface area contributed by atoms with E-state index in [1.807, 2.05) is 0 Å². The summed E-state index contributed by atoms with van der Waals surface area (Å²) in [5.74, 6) is -0.951. The molecule has 0 bridgehead atoms. The average molecular weight is 235 g/mol. The van der Waals surface area contributed by atoms with Crippen molar-refractivity contribution >= 4 is 5.97 Å². The molecule has 1 aromatic heterocycles. The van der Waals surface area contributed by atoms with Gasteiger partial charge in [0.1, 0.15) is 6.61 Å². The summed E-state index contributed by atoms with van der Waals surface area (Å²) in [5.41, 5.74) is 0.273. The van der Waals surface area contributed by atoms with Crippen LogP contribution in [0.15, 0.2) is 6.20 Å². The van der Waals surface area contributed by atoms with Crippen molar-refractivity contribution in [3.8, 4) is 0 Å². The number of aryl methyl sites for hydroxylation is 1. The molecular formula is C8H11F2N3O3. The van der Waals surface area contributed by atoms with Crippen molar-refractivity contribution < 1.29 is 23.8 Å². The molecule has 0 saturated heterocycles. The first-order valence-electron chi connectivity index (χ1n) is 4.58. The summed E-state index contributed by atoms with van der Waals surface area (Å²) < 4.78 is 26.0. The minimum absolute atomic E-state index is 0.0523. The normalized spacial score (nSPS) is 11.7. The lowest BCUT2D eigenvalue weighted by Gasteiger charge is -2.11. The highest BCUT2D eigenvalue weighted by molar-refractivity contribution is 5.66. The molecule has 1 heterocycles. The molecule has 6 nitrogen and oxygen atoms in total. The summed E-state index contributed by atoms with van der Waals surface area (Å²) in [6, 6.07) is -3.47. The van der Waals surface area contributed by atoms with E-state index in [1.165, 1.54) is 0 Å². The first-order chi connectivity index (χ1) is 7.45. The van der Waals surface area contributed by atoms with Gasteiger partial charge in [-0.15, -0.1) is 5.10 Å². The number of aromatic nitrogens is 3. The zero-order valence-corrected chi connectivity index (χ0v) is 8.31. The molecule has 0 aliphatic rings. The van der Waals surface area contributed by atoms with E-state index < -0.39 is 18.6 Å². The summed E-state index contributed by atoms with van der Waals surface area (Å²) in [6.45, 7) is -1.36. The Labute approximate surface area is 89.5 Å². The summed E-state index contributed by atoms with van der Waals surface area (Å²) >= 11 is 0. The molecule has 0 spiro atoms. The van der Waals surface area contributed by atoms with Crippen molar-refractivity contribution in [1.29, 1.82) is 0 Å². The van der Waals surface area contributed by atoms with Gasteiger partial charge in [-0.3, -0.25) is 4.79 Å². The van der Waals surface area contributed by atoms with Crippen LogP contribution >= 0.6 is 0 Å². The predicted octanol–water partition coefficient (Wildman–Crippen LogP) is 0.227. The SMILES string of the molecule is O=C(O)CCCc1cn(C(F)(F)CO)nn1. The van der Waals surface area contributed by atoms with Crippen LogP contribution in [0.25, 0.3) is 0 Å². The lowest BCUT2D eigenvalue weighted by Crippen LogP contribution is -2.27. The van der Waals surface area contributed by atoms with Crippen LogP contribution in [-0.2, 0) is 17.3 Å². The molecule has 2 N–H and O–H groups in total. The molecule has 0 amide bonds. The minimum atomic E-state index is -3.47. The Balaban J connectivity index is 2.55. The maximum atomic E-state index is 12.9. The molecule has 0 aromatic carbocycles. The fraction of sp³-hybridized carbons (Fsp3) is 0.625. The van der Waals surface area contributed by atoms with Gasteiger partial charge < -0.3 is 10.2 Å². The number of alkyl halides is 2. The van der Waals surface area contributed by atoms with Crippen LogP contribution in [0.1, 0.15) is 18.5 Å². The van der Waals surface area contributed by atoms with Gasteiger partial charge in [-0.2, -0.15) is 13.5 Å². The lowest BCUT2D eigenvalue weighted by atomic mass is 10.2. The van der Waals surface area contributed by atoms with E-state index in [2.05, 4.69) is 10.3 Å². The Bertz CT molecular complexity index is 367. The number of carboxylic acid groups (broad SMARTS) is 1. The van der Waals surface area contributed by atoms with Gasteiger partial charge in [-0.05, 0) is 12.8 Å². The maximum Gasteiger partial charge on any atom is 0.367 e. The number of aliphatic hydroxyl groups is 1. The number of carboxylic acids is 1. The van der Waals surface area contributed by atoms with E-state index in [-0.39, 0.29) is 23.2 Å². The number of rotatable bonds is 6. The van der Waals surface area contributed by atoms with Crippen LogP contribution in [0.4, 0.5) is 8.78 Å². The van der Waals surface area contributed by atoms with Crippen LogP contribution < -0.4 is 0 Å². The van der Waals surface area contributed by atoms with Crippen molar-refractivity contribution in [3.05, 3.63) is 11.9 Å². The van der Waals surface area contributed by atoms with Gasteiger partial charge in [0.25, 0.3) is 0 Å². The number of carbonyl (C=O) groups is 1. The topological polar surface area (TPSA) is 88.2 Å². The maximum absolute atomic E-state index is 12.9. The molecule has 0 fully saturated rings. The molecule has 1 rings (SSSR count). The van der Waals surface area contributed by atoms with E-state index >= 15 is 0 Å². The third-order valence-electron chi connectivity index (χ3n) is 1.89. The molecule has 0 atom stereocenters. The first kappa shape index (κ1) is 12.5. The van der Waals surface area contributed by atoms with Gasteiger partial charge >= 0.3 is 12.0 Å². The summed E-state index contributed by atoms with van der Waals surface area (Å²) in [7, 11) is 0.